The molecule has 1 aliphatic rings. The molecular formula is C16H18N2O. The Morgan fingerprint density at radius 1 is 1.16 bits per heavy atom. The van der Waals surface area contributed by atoms with E-state index in [0.717, 1.165) is 23.5 Å². The Balaban J connectivity index is 2.07. The van der Waals surface area contributed by atoms with Crippen molar-refractivity contribution in [2.24, 2.45) is 0 Å². The molecule has 3 nitrogen and oxygen atoms in total. The Morgan fingerprint density at radius 2 is 1.95 bits per heavy atom. The van der Waals surface area contributed by atoms with Crippen LogP contribution in [0.4, 0.5) is 17.1 Å². The van der Waals surface area contributed by atoms with E-state index < -0.39 is 0 Å². The van der Waals surface area contributed by atoms with Gasteiger partial charge in [0.2, 0.25) is 0 Å². The Bertz CT molecular complexity index is 609. The summed E-state index contributed by atoms with van der Waals surface area (Å²) in [6, 6.07) is 14.8. The SMILES string of the molecule is COc1ccc(N2c3ccccc3CC2C)c(N)c1. The molecule has 3 heteroatoms. The fourth-order valence-corrected chi connectivity index (χ4v) is 2.81. The Hall–Kier alpha value is -2.16. The highest BCUT2D eigenvalue weighted by molar-refractivity contribution is 5.79. The second kappa shape index (κ2) is 4.50. The Kier molecular flexibility index (Phi) is 2.82. The summed E-state index contributed by atoms with van der Waals surface area (Å²) in [6.45, 7) is 2.23. The quantitative estimate of drug-likeness (QED) is 0.835. The van der Waals surface area contributed by atoms with Crippen LogP contribution in [0.3, 0.4) is 0 Å². The van der Waals surface area contributed by atoms with Gasteiger partial charge in [-0.3, -0.25) is 0 Å². The summed E-state index contributed by atoms with van der Waals surface area (Å²) in [5, 5.41) is 0. The van der Waals surface area contributed by atoms with Crippen LogP contribution in [0.25, 0.3) is 0 Å². The van der Waals surface area contributed by atoms with Crippen LogP contribution in [-0.2, 0) is 6.42 Å². The lowest BCUT2D eigenvalue weighted by molar-refractivity contribution is 0.415. The van der Waals surface area contributed by atoms with Crippen molar-refractivity contribution in [1.82, 2.24) is 0 Å². The number of anilines is 3. The molecule has 0 saturated carbocycles. The van der Waals surface area contributed by atoms with Gasteiger partial charge in [-0.05, 0) is 37.1 Å². The van der Waals surface area contributed by atoms with Crippen LogP contribution >= 0.6 is 0 Å². The van der Waals surface area contributed by atoms with Gasteiger partial charge in [0.1, 0.15) is 5.75 Å². The number of nitrogen functional groups attached to an aromatic ring is 1. The minimum atomic E-state index is 0.424. The Labute approximate surface area is 113 Å². The summed E-state index contributed by atoms with van der Waals surface area (Å²) in [4.78, 5) is 2.31. The molecular weight excluding hydrogens is 236 g/mol. The summed E-state index contributed by atoms with van der Waals surface area (Å²) >= 11 is 0. The number of nitrogens with zero attached hydrogens (tertiary/aromatic N) is 1. The van der Waals surface area contributed by atoms with Crippen molar-refractivity contribution in [3.63, 3.8) is 0 Å². The van der Waals surface area contributed by atoms with E-state index in [1.54, 1.807) is 7.11 Å². The molecule has 0 saturated heterocycles. The van der Waals surface area contributed by atoms with Crippen LogP contribution < -0.4 is 15.4 Å². The zero-order chi connectivity index (χ0) is 13.4. The summed E-state index contributed by atoms with van der Waals surface area (Å²) < 4.78 is 5.21. The largest absolute Gasteiger partial charge is 0.497 e. The van der Waals surface area contributed by atoms with Gasteiger partial charge in [-0.1, -0.05) is 18.2 Å². The van der Waals surface area contributed by atoms with E-state index in [9.17, 15) is 0 Å². The Morgan fingerprint density at radius 3 is 2.68 bits per heavy atom. The van der Waals surface area contributed by atoms with Crippen molar-refractivity contribution in [3.8, 4) is 5.75 Å². The van der Waals surface area contributed by atoms with Crippen LogP contribution in [0.1, 0.15) is 12.5 Å². The third-order valence-corrected chi connectivity index (χ3v) is 3.70. The number of ether oxygens (including phenoxy) is 1. The molecule has 2 aromatic carbocycles. The fraction of sp³-hybridized carbons (Fsp3) is 0.250. The molecule has 1 unspecified atom stereocenters. The summed E-state index contributed by atoms with van der Waals surface area (Å²) in [7, 11) is 1.65. The molecule has 2 aromatic rings. The molecule has 0 spiro atoms. The molecule has 19 heavy (non-hydrogen) atoms. The second-order valence-electron chi connectivity index (χ2n) is 4.98. The molecule has 2 N–H and O–H groups in total. The topological polar surface area (TPSA) is 38.5 Å². The van der Waals surface area contributed by atoms with E-state index in [4.69, 9.17) is 10.5 Å². The summed E-state index contributed by atoms with van der Waals surface area (Å²) in [6.07, 6.45) is 1.06. The van der Waals surface area contributed by atoms with Crippen LogP contribution in [0.15, 0.2) is 42.5 Å². The molecule has 0 aliphatic carbocycles. The van der Waals surface area contributed by atoms with E-state index in [0.29, 0.717) is 6.04 Å². The molecule has 3 rings (SSSR count). The maximum absolute atomic E-state index is 6.17. The average molecular weight is 254 g/mol. The lowest BCUT2D eigenvalue weighted by Crippen LogP contribution is -2.24. The lowest BCUT2D eigenvalue weighted by Gasteiger charge is -2.26. The standard InChI is InChI=1S/C16H18N2O/c1-11-9-12-5-3-4-6-15(12)18(11)16-8-7-13(19-2)10-14(16)17/h3-8,10-11H,9,17H2,1-2H3. The number of rotatable bonds is 2. The van der Waals surface area contributed by atoms with Gasteiger partial charge in [0.15, 0.2) is 0 Å². The minimum Gasteiger partial charge on any atom is -0.497 e. The van der Waals surface area contributed by atoms with Gasteiger partial charge < -0.3 is 15.4 Å². The van der Waals surface area contributed by atoms with E-state index in [1.165, 1.54) is 11.3 Å². The maximum atomic E-state index is 6.17. The van der Waals surface area contributed by atoms with Gasteiger partial charge >= 0.3 is 0 Å². The normalized spacial score (nSPS) is 17.4. The first-order valence-electron chi connectivity index (χ1n) is 6.51. The van der Waals surface area contributed by atoms with Crippen LogP contribution in [-0.4, -0.2) is 13.2 Å². The smallest absolute Gasteiger partial charge is 0.121 e. The zero-order valence-corrected chi connectivity index (χ0v) is 11.3. The van der Waals surface area contributed by atoms with Crippen molar-refractivity contribution in [2.45, 2.75) is 19.4 Å². The maximum Gasteiger partial charge on any atom is 0.121 e. The summed E-state index contributed by atoms with van der Waals surface area (Å²) in [5.74, 6) is 0.793. The predicted octanol–water partition coefficient (Wildman–Crippen LogP) is 3.36. The van der Waals surface area contributed by atoms with Crippen molar-refractivity contribution in [2.75, 3.05) is 17.7 Å². The van der Waals surface area contributed by atoms with Gasteiger partial charge in [0.05, 0.1) is 18.5 Å². The monoisotopic (exact) mass is 254 g/mol. The number of hydrogen-bond acceptors (Lipinski definition) is 3. The molecule has 1 aliphatic heterocycles. The third kappa shape index (κ3) is 1.91. The van der Waals surface area contributed by atoms with Gasteiger partial charge in [0, 0.05) is 17.8 Å². The van der Waals surface area contributed by atoms with Crippen molar-refractivity contribution >= 4 is 17.1 Å². The highest BCUT2D eigenvalue weighted by Gasteiger charge is 2.27. The van der Waals surface area contributed by atoms with Crippen molar-refractivity contribution in [1.29, 1.82) is 0 Å². The molecule has 98 valence electrons. The third-order valence-electron chi connectivity index (χ3n) is 3.70. The number of benzene rings is 2. The van der Waals surface area contributed by atoms with Gasteiger partial charge in [-0.25, -0.2) is 0 Å². The first kappa shape index (κ1) is 11.9. The second-order valence-corrected chi connectivity index (χ2v) is 4.98. The predicted molar refractivity (Wildman–Crippen MR) is 79.2 cm³/mol. The molecule has 0 aromatic heterocycles. The number of nitrogens with two attached hydrogens (primary N) is 1. The van der Waals surface area contributed by atoms with E-state index in [1.807, 2.05) is 18.2 Å². The van der Waals surface area contributed by atoms with E-state index in [2.05, 4.69) is 36.1 Å². The van der Waals surface area contributed by atoms with Gasteiger partial charge in [-0.2, -0.15) is 0 Å². The number of methoxy groups -OCH3 is 1. The summed E-state index contributed by atoms with van der Waals surface area (Å²) in [5.41, 5.74) is 10.6. The molecule has 0 radical (unpaired) electrons. The zero-order valence-electron chi connectivity index (χ0n) is 11.3. The molecule has 0 bridgehead atoms. The minimum absolute atomic E-state index is 0.424. The highest BCUT2D eigenvalue weighted by atomic mass is 16.5. The van der Waals surface area contributed by atoms with E-state index in [-0.39, 0.29) is 0 Å². The number of fused-ring (bicyclic) bond motifs is 1. The molecule has 0 amide bonds. The van der Waals surface area contributed by atoms with Gasteiger partial charge in [0.25, 0.3) is 0 Å². The highest BCUT2D eigenvalue weighted by Crippen LogP contribution is 2.41. The number of hydrogen-bond donors (Lipinski definition) is 1. The molecule has 1 heterocycles. The van der Waals surface area contributed by atoms with Crippen LogP contribution in [0.5, 0.6) is 5.75 Å². The van der Waals surface area contributed by atoms with E-state index >= 15 is 0 Å². The van der Waals surface area contributed by atoms with Crippen molar-refractivity contribution in [3.05, 3.63) is 48.0 Å². The van der Waals surface area contributed by atoms with Gasteiger partial charge in [-0.15, -0.1) is 0 Å². The first-order chi connectivity index (χ1) is 9.20. The first-order valence-corrected chi connectivity index (χ1v) is 6.51. The molecule has 0 fully saturated rings. The van der Waals surface area contributed by atoms with Crippen molar-refractivity contribution < 1.29 is 4.74 Å². The fourth-order valence-electron chi connectivity index (χ4n) is 2.81. The van der Waals surface area contributed by atoms with Crippen LogP contribution in [0, 0.1) is 0 Å². The van der Waals surface area contributed by atoms with Crippen LogP contribution in [0.2, 0.25) is 0 Å². The molecule has 1 atom stereocenters. The lowest BCUT2D eigenvalue weighted by atomic mass is 10.1. The number of para-hydroxylation sites is 1. The average Bonchev–Trinajstić information content (AvgIpc) is 2.75.